The summed E-state index contributed by atoms with van der Waals surface area (Å²) in [4.78, 5) is 0. The van der Waals surface area contributed by atoms with Crippen LogP contribution in [-0.4, -0.2) is 12.0 Å². The van der Waals surface area contributed by atoms with Crippen molar-refractivity contribution in [2.45, 2.75) is 31.2 Å². The van der Waals surface area contributed by atoms with E-state index in [-0.39, 0.29) is 30.8 Å². The minimum atomic E-state index is -2.39. The normalized spacial score (nSPS) is 45.5. The van der Waals surface area contributed by atoms with Crippen LogP contribution in [0.1, 0.15) is 19.3 Å². The second kappa shape index (κ2) is 2.56. The van der Waals surface area contributed by atoms with E-state index in [9.17, 15) is 8.78 Å². The lowest BCUT2D eigenvalue weighted by Gasteiger charge is -2.24. The Labute approximate surface area is 70.7 Å². The van der Waals surface area contributed by atoms with E-state index < -0.39 is 11.8 Å². The van der Waals surface area contributed by atoms with Gasteiger partial charge in [-0.1, -0.05) is 0 Å². The first-order valence-electron chi connectivity index (χ1n) is 3.73. The predicted molar refractivity (Wildman–Crippen MR) is 41.0 cm³/mol. The Hall–Kier alpha value is 0.110. The van der Waals surface area contributed by atoms with Crippen molar-refractivity contribution in [2.24, 2.45) is 17.6 Å². The third kappa shape index (κ3) is 1.25. The topological polar surface area (TPSA) is 26.0 Å². The largest absolute Gasteiger partial charge is 0.327 e. The Bertz CT molecular complexity index is 161. The van der Waals surface area contributed by atoms with E-state index in [0.29, 0.717) is 12.8 Å². The van der Waals surface area contributed by atoms with Gasteiger partial charge in [0.15, 0.2) is 0 Å². The van der Waals surface area contributed by atoms with Crippen molar-refractivity contribution < 1.29 is 8.78 Å². The van der Waals surface area contributed by atoms with E-state index in [2.05, 4.69) is 0 Å². The van der Waals surface area contributed by atoms with Crippen LogP contribution in [-0.2, 0) is 0 Å². The van der Waals surface area contributed by atoms with Gasteiger partial charge in [-0.2, -0.15) is 0 Å². The molecule has 3 unspecified atom stereocenters. The van der Waals surface area contributed by atoms with Crippen LogP contribution in [0.25, 0.3) is 0 Å². The molecule has 2 rings (SSSR count). The fraction of sp³-hybridized carbons (Fsp3) is 1.00. The van der Waals surface area contributed by atoms with Crippen LogP contribution >= 0.6 is 12.4 Å². The molecule has 2 N–H and O–H groups in total. The van der Waals surface area contributed by atoms with Crippen LogP contribution in [0, 0.1) is 11.8 Å². The van der Waals surface area contributed by atoms with Crippen LogP contribution in [0.15, 0.2) is 0 Å². The molecule has 0 aromatic heterocycles. The third-order valence-electron chi connectivity index (χ3n) is 2.88. The van der Waals surface area contributed by atoms with E-state index in [0.717, 1.165) is 0 Å². The Kier molecular flexibility index (Phi) is 2.14. The molecule has 3 atom stereocenters. The molecule has 0 radical (unpaired) electrons. The summed E-state index contributed by atoms with van der Waals surface area (Å²) in [6.45, 7) is 0. The zero-order valence-electron chi connectivity index (χ0n) is 6.09. The van der Waals surface area contributed by atoms with Crippen molar-refractivity contribution in [1.29, 1.82) is 0 Å². The highest BCUT2D eigenvalue weighted by atomic mass is 35.5. The average Bonchev–Trinajstić information content (AvgIpc) is 2.21. The van der Waals surface area contributed by atoms with Crippen molar-refractivity contribution in [3.8, 4) is 0 Å². The smallest absolute Gasteiger partial charge is 0.251 e. The Morgan fingerprint density at radius 3 is 2.18 bits per heavy atom. The zero-order chi connectivity index (χ0) is 7.35. The molecular formula is C7H12ClF2N. The molecule has 0 heterocycles. The minimum Gasteiger partial charge on any atom is -0.327 e. The van der Waals surface area contributed by atoms with E-state index in [4.69, 9.17) is 5.73 Å². The third-order valence-corrected chi connectivity index (χ3v) is 2.88. The molecule has 0 saturated heterocycles. The first-order valence-corrected chi connectivity index (χ1v) is 3.73. The molecule has 11 heavy (non-hydrogen) atoms. The molecule has 0 amide bonds. The van der Waals surface area contributed by atoms with Crippen molar-refractivity contribution >= 4 is 12.4 Å². The first-order chi connectivity index (χ1) is 4.59. The summed E-state index contributed by atoms with van der Waals surface area (Å²) in [6, 6.07) is 0.0598. The summed E-state index contributed by atoms with van der Waals surface area (Å²) >= 11 is 0. The molecule has 2 aliphatic rings. The van der Waals surface area contributed by atoms with Gasteiger partial charge >= 0.3 is 0 Å². The molecule has 0 spiro atoms. The molecule has 2 fully saturated rings. The predicted octanol–water partition coefficient (Wildman–Crippen LogP) is 1.80. The molecule has 0 aromatic rings. The lowest BCUT2D eigenvalue weighted by Crippen LogP contribution is -2.35. The fourth-order valence-electron chi connectivity index (χ4n) is 2.25. The molecule has 0 aliphatic heterocycles. The van der Waals surface area contributed by atoms with Crippen LogP contribution < -0.4 is 5.73 Å². The minimum absolute atomic E-state index is 0. The number of hydrogen-bond acceptors (Lipinski definition) is 1. The van der Waals surface area contributed by atoms with Gasteiger partial charge in [-0.15, -0.1) is 12.4 Å². The zero-order valence-corrected chi connectivity index (χ0v) is 6.91. The van der Waals surface area contributed by atoms with Gasteiger partial charge in [0.05, 0.1) is 0 Å². The maximum absolute atomic E-state index is 12.8. The number of rotatable bonds is 0. The lowest BCUT2D eigenvalue weighted by atomic mass is 9.93. The van der Waals surface area contributed by atoms with Gasteiger partial charge in [0.1, 0.15) is 0 Å². The van der Waals surface area contributed by atoms with Gasteiger partial charge in [-0.25, -0.2) is 8.78 Å². The van der Waals surface area contributed by atoms with E-state index in [1.54, 1.807) is 0 Å². The molecule has 66 valence electrons. The lowest BCUT2D eigenvalue weighted by molar-refractivity contribution is -0.0542. The van der Waals surface area contributed by atoms with E-state index in [1.165, 1.54) is 0 Å². The van der Waals surface area contributed by atoms with Gasteiger partial charge in [0.2, 0.25) is 0 Å². The van der Waals surface area contributed by atoms with Crippen LogP contribution in [0.4, 0.5) is 8.78 Å². The summed E-state index contributed by atoms with van der Waals surface area (Å²) in [5.74, 6) is -2.67. The van der Waals surface area contributed by atoms with Gasteiger partial charge in [-0.05, 0) is 18.8 Å². The number of hydrogen-bond donors (Lipinski definition) is 1. The summed E-state index contributed by atoms with van der Waals surface area (Å²) < 4.78 is 25.5. The molecule has 2 saturated carbocycles. The molecule has 2 aliphatic carbocycles. The summed E-state index contributed by atoms with van der Waals surface area (Å²) in [5.41, 5.74) is 5.61. The quantitative estimate of drug-likeness (QED) is 0.609. The average molecular weight is 184 g/mol. The van der Waals surface area contributed by atoms with Crippen LogP contribution in [0.3, 0.4) is 0 Å². The number of nitrogens with two attached hydrogens (primary N) is 1. The van der Waals surface area contributed by atoms with Crippen LogP contribution in [0.2, 0.25) is 0 Å². The molecule has 1 nitrogen and oxygen atoms in total. The molecular weight excluding hydrogens is 172 g/mol. The second-order valence-electron chi connectivity index (χ2n) is 3.56. The van der Waals surface area contributed by atoms with Crippen LogP contribution in [0.5, 0.6) is 0 Å². The standard InChI is InChI=1S/C7H11F2N.ClH/c8-7(9)3-4-1-5(7)2-6(4)10;/h4-6H,1-3,10H2;1H. The summed E-state index contributed by atoms with van der Waals surface area (Å²) in [5, 5.41) is 0. The fourth-order valence-corrected chi connectivity index (χ4v) is 2.25. The van der Waals surface area contributed by atoms with Gasteiger partial charge in [-0.3, -0.25) is 0 Å². The highest BCUT2D eigenvalue weighted by molar-refractivity contribution is 5.85. The van der Waals surface area contributed by atoms with Crippen molar-refractivity contribution in [3.63, 3.8) is 0 Å². The maximum atomic E-state index is 12.8. The second-order valence-corrected chi connectivity index (χ2v) is 3.56. The highest BCUT2D eigenvalue weighted by Gasteiger charge is 2.55. The SMILES string of the molecule is Cl.NC1CC2CC1CC2(F)F. The van der Waals surface area contributed by atoms with Crippen molar-refractivity contribution in [2.75, 3.05) is 0 Å². The molecule has 2 bridgehead atoms. The van der Waals surface area contributed by atoms with Crippen molar-refractivity contribution in [3.05, 3.63) is 0 Å². The number of fused-ring (bicyclic) bond motifs is 2. The Morgan fingerprint density at radius 1 is 1.27 bits per heavy atom. The number of alkyl halides is 2. The summed E-state index contributed by atoms with van der Waals surface area (Å²) in [7, 11) is 0. The maximum Gasteiger partial charge on any atom is 0.251 e. The number of halogens is 3. The molecule has 4 heteroatoms. The van der Waals surface area contributed by atoms with Crippen molar-refractivity contribution in [1.82, 2.24) is 0 Å². The Morgan fingerprint density at radius 2 is 1.91 bits per heavy atom. The highest BCUT2D eigenvalue weighted by Crippen LogP contribution is 2.52. The van der Waals surface area contributed by atoms with Gasteiger partial charge in [0, 0.05) is 18.4 Å². The van der Waals surface area contributed by atoms with E-state index >= 15 is 0 Å². The van der Waals surface area contributed by atoms with E-state index in [1.807, 2.05) is 0 Å². The first kappa shape index (κ1) is 9.20. The van der Waals surface area contributed by atoms with Gasteiger partial charge < -0.3 is 5.73 Å². The Balaban J connectivity index is 0.000000605. The monoisotopic (exact) mass is 183 g/mol. The summed E-state index contributed by atoms with van der Waals surface area (Å²) in [6.07, 6.45) is 1.24. The molecule has 0 aromatic carbocycles. The van der Waals surface area contributed by atoms with Gasteiger partial charge in [0.25, 0.3) is 5.92 Å².